The van der Waals surface area contributed by atoms with Crippen molar-refractivity contribution < 1.29 is 43.2 Å². The Bertz CT molecular complexity index is 1190. The highest BCUT2D eigenvalue weighted by atomic mass is 31.2. The van der Waals surface area contributed by atoms with E-state index in [2.05, 4.69) is 10.6 Å². The minimum absolute atomic E-state index is 0.0557. The predicted octanol–water partition coefficient (Wildman–Crippen LogP) is 3.60. The molecule has 4 atom stereocenters. The summed E-state index contributed by atoms with van der Waals surface area (Å²) in [4.78, 5) is 58.5. The Kier molecular flexibility index (Phi) is 11.7. The van der Waals surface area contributed by atoms with Crippen molar-refractivity contribution in [2.24, 2.45) is 11.8 Å². The van der Waals surface area contributed by atoms with Gasteiger partial charge < -0.3 is 30.1 Å². The molecule has 12 heteroatoms. The molecular weight excluding hydrogens is 527 g/mol. The molecule has 0 saturated heterocycles. The van der Waals surface area contributed by atoms with E-state index in [1.165, 1.54) is 13.8 Å². The third-order valence-electron chi connectivity index (χ3n) is 5.92. The van der Waals surface area contributed by atoms with Crippen LogP contribution in [0.5, 0.6) is 0 Å². The molecule has 0 heterocycles. The summed E-state index contributed by atoms with van der Waals surface area (Å²) < 4.78 is 22.7. The number of hydrogen-bond acceptors (Lipinski definition) is 7. The smallest absolute Gasteiger partial charge is 0.410 e. The van der Waals surface area contributed by atoms with Crippen LogP contribution in [0.4, 0.5) is 4.79 Å². The summed E-state index contributed by atoms with van der Waals surface area (Å²) >= 11 is 0. The number of carbonyl (C=O) groups is 4. The second-order valence-corrected chi connectivity index (χ2v) is 12.1. The molecule has 4 N–H and O–H groups in total. The first-order valence-electron chi connectivity index (χ1n) is 12.4. The molecule has 0 aliphatic rings. The highest BCUT2D eigenvalue weighted by molar-refractivity contribution is 7.58. The van der Waals surface area contributed by atoms with Gasteiger partial charge in [0.15, 0.2) is 0 Å². The first kappa shape index (κ1) is 31.5. The zero-order valence-corrected chi connectivity index (χ0v) is 23.2. The average Bonchev–Trinajstić information content (AvgIpc) is 2.88. The van der Waals surface area contributed by atoms with Gasteiger partial charge in [0.1, 0.15) is 11.8 Å². The maximum absolute atomic E-state index is 13.2. The molecule has 0 aromatic heterocycles. The summed E-state index contributed by atoms with van der Waals surface area (Å²) in [6.07, 6.45) is -1.56. The number of ether oxygens (including phenoxy) is 2. The molecule has 0 radical (unpaired) electrons. The number of benzene rings is 2. The van der Waals surface area contributed by atoms with Gasteiger partial charge in [0.25, 0.3) is 0 Å². The summed E-state index contributed by atoms with van der Waals surface area (Å²) in [5.74, 6) is -5.34. The van der Waals surface area contributed by atoms with Gasteiger partial charge in [-0.1, -0.05) is 68.4 Å². The SMILES string of the molecule is CC(C)C(=O)OCOC(=O)NC(C)P(=O)(O)CC(Cc1ccc(-c2ccccc2)cc1)C(=O)NC(C)C(=O)O. The normalized spacial score (nSPS) is 14.8. The lowest BCUT2D eigenvalue weighted by Crippen LogP contribution is -2.44. The molecule has 0 bridgehead atoms. The Morgan fingerprint density at radius 1 is 0.872 bits per heavy atom. The third kappa shape index (κ3) is 10.2. The molecule has 0 saturated carbocycles. The molecular formula is C27H35N2O9P. The largest absolute Gasteiger partial charge is 0.480 e. The minimum Gasteiger partial charge on any atom is -0.480 e. The zero-order chi connectivity index (χ0) is 29.2. The predicted molar refractivity (Wildman–Crippen MR) is 144 cm³/mol. The maximum Gasteiger partial charge on any atom is 0.410 e. The van der Waals surface area contributed by atoms with E-state index in [0.29, 0.717) is 5.56 Å². The number of carbonyl (C=O) groups excluding carboxylic acids is 3. The molecule has 0 aliphatic carbocycles. The van der Waals surface area contributed by atoms with Crippen LogP contribution in [-0.4, -0.2) is 58.7 Å². The number of alkyl carbamates (subject to hydrolysis) is 1. The van der Waals surface area contributed by atoms with Crippen LogP contribution in [0.1, 0.15) is 33.3 Å². The number of carboxylic acids is 1. The fraction of sp³-hybridized carbons (Fsp3) is 0.407. The van der Waals surface area contributed by atoms with Crippen molar-refractivity contribution in [3.8, 4) is 11.1 Å². The van der Waals surface area contributed by atoms with Gasteiger partial charge in [-0.25, -0.2) is 4.79 Å². The second-order valence-electron chi connectivity index (χ2n) is 9.46. The summed E-state index contributed by atoms with van der Waals surface area (Å²) in [7, 11) is -4.20. The van der Waals surface area contributed by atoms with Crippen LogP contribution >= 0.6 is 7.37 Å². The molecule has 2 aromatic rings. The number of hydrogen-bond donors (Lipinski definition) is 4. The molecule has 212 valence electrons. The Hall–Kier alpha value is -3.69. The molecule has 2 amide bonds. The highest BCUT2D eigenvalue weighted by Gasteiger charge is 2.35. The van der Waals surface area contributed by atoms with E-state index in [0.717, 1.165) is 11.1 Å². The third-order valence-corrected chi connectivity index (χ3v) is 8.22. The van der Waals surface area contributed by atoms with Crippen LogP contribution in [0.3, 0.4) is 0 Å². The van der Waals surface area contributed by atoms with Gasteiger partial charge in [0, 0.05) is 6.16 Å². The monoisotopic (exact) mass is 562 g/mol. The van der Waals surface area contributed by atoms with Crippen molar-refractivity contribution in [1.82, 2.24) is 10.6 Å². The van der Waals surface area contributed by atoms with E-state index < -0.39 is 67.9 Å². The molecule has 0 fully saturated rings. The molecule has 2 aromatic carbocycles. The van der Waals surface area contributed by atoms with Gasteiger partial charge >= 0.3 is 18.0 Å². The number of esters is 1. The quantitative estimate of drug-likeness (QED) is 0.162. The van der Waals surface area contributed by atoms with Gasteiger partial charge in [0.2, 0.25) is 20.1 Å². The van der Waals surface area contributed by atoms with Crippen molar-refractivity contribution >= 4 is 31.3 Å². The Labute approximate surface area is 227 Å². The van der Waals surface area contributed by atoms with Gasteiger partial charge in [-0.2, -0.15) is 0 Å². The van der Waals surface area contributed by atoms with Gasteiger partial charge in [-0.05, 0) is 37.0 Å². The minimum atomic E-state index is -4.20. The first-order chi connectivity index (χ1) is 18.3. The van der Waals surface area contributed by atoms with Gasteiger partial charge in [-0.3, -0.25) is 18.9 Å². The van der Waals surface area contributed by atoms with Gasteiger partial charge in [0.05, 0.1) is 11.8 Å². The van der Waals surface area contributed by atoms with Crippen molar-refractivity contribution in [2.75, 3.05) is 13.0 Å². The fourth-order valence-electron chi connectivity index (χ4n) is 3.48. The lowest BCUT2D eigenvalue weighted by Gasteiger charge is -2.25. The highest BCUT2D eigenvalue weighted by Crippen LogP contribution is 2.47. The van der Waals surface area contributed by atoms with E-state index in [9.17, 15) is 33.7 Å². The van der Waals surface area contributed by atoms with Crippen LogP contribution in [0.25, 0.3) is 11.1 Å². The van der Waals surface area contributed by atoms with Crippen molar-refractivity contribution in [3.63, 3.8) is 0 Å². The topological polar surface area (TPSA) is 168 Å². The Balaban J connectivity index is 2.12. The summed E-state index contributed by atoms with van der Waals surface area (Å²) in [6.45, 7) is 5.12. The van der Waals surface area contributed by atoms with E-state index in [1.807, 2.05) is 42.5 Å². The van der Waals surface area contributed by atoms with E-state index >= 15 is 0 Å². The Morgan fingerprint density at radius 3 is 2.03 bits per heavy atom. The molecule has 0 aliphatic heterocycles. The van der Waals surface area contributed by atoms with Crippen LogP contribution in [0.2, 0.25) is 0 Å². The standard InChI is InChI=1S/C27H35N2O9P/c1-17(2)26(33)37-16-38-27(34)29-19(4)39(35,36)15-23(24(30)28-18(3)25(31)32)14-20-10-12-22(13-11-20)21-8-6-5-7-9-21/h5-13,17-19,23H,14-16H2,1-4H3,(H,28,30)(H,29,34)(H,31,32)(H,35,36). The van der Waals surface area contributed by atoms with Gasteiger partial charge in [-0.15, -0.1) is 0 Å². The van der Waals surface area contributed by atoms with Crippen LogP contribution in [0.15, 0.2) is 54.6 Å². The number of amides is 2. The van der Waals surface area contributed by atoms with Crippen molar-refractivity contribution in [3.05, 3.63) is 60.2 Å². The lowest BCUT2D eigenvalue weighted by atomic mass is 9.97. The molecule has 2 rings (SSSR count). The summed E-state index contributed by atoms with van der Waals surface area (Å²) in [6, 6.07) is 15.7. The number of carboxylic acid groups (broad SMARTS) is 1. The number of aliphatic carboxylic acids is 1. The fourth-order valence-corrected chi connectivity index (χ4v) is 5.03. The molecule has 4 unspecified atom stereocenters. The van der Waals surface area contributed by atoms with E-state index in [1.54, 1.807) is 26.0 Å². The lowest BCUT2D eigenvalue weighted by molar-refractivity contribution is -0.155. The molecule has 0 spiro atoms. The number of rotatable bonds is 13. The molecule has 11 nitrogen and oxygen atoms in total. The van der Waals surface area contributed by atoms with E-state index in [-0.39, 0.29) is 6.42 Å². The second kappa shape index (κ2) is 14.5. The number of nitrogens with one attached hydrogen (secondary N) is 2. The van der Waals surface area contributed by atoms with E-state index in [4.69, 9.17) is 9.47 Å². The zero-order valence-electron chi connectivity index (χ0n) is 22.3. The van der Waals surface area contributed by atoms with Crippen LogP contribution < -0.4 is 10.6 Å². The summed E-state index contributed by atoms with van der Waals surface area (Å²) in [5, 5.41) is 13.8. The average molecular weight is 563 g/mol. The first-order valence-corrected chi connectivity index (χ1v) is 14.3. The van der Waals surface area contributed by atoms with Crippen LogP contribution in [0, 0.1) is 11.8 Å². The van der Waals surface area contributed by atoms with Crippen LogP contribution in [-0.2, 0) is 34.8 Å². The molecule has 39 heavy (non-hydrogen) atoms. The maximum atomic E-state index is 13.2. The van der Waals surface area contributed by atoms with Crippen molar-refractivity contribution in [1.29, 1.82) is 0 Å². The van der Waals surface area contributed by atoms with Crippen molar-refractivity contribution in [2.45, 2.75) is 45.9 Å². The summed E-state index contributed by atoms with van der Waals surface area (Å²) in [5.41, 5.74) is 2.65. The Morgan fingerprint density at radius 2 is 1.46 bits per heavy atom.